The van der Waals surface area contributed by atoms with Crippen LogP contribution in [0.1, 0.15) is 18.2 Å². The number of anilines is 1. The SMILES string of the molecule is CC(Cc1ccco1)NC(=O)Nc1cccc(OCc2ccc(F)cc2)c1. The first-order chi connectivity index (χ1) is 13.1. The average Bonchev–Trinajstić information content (AvgIpc) is 3.14. The Morgan fingerprint density at radius 2 is 1.96 bits per heavy atom. The molecule has 0 radical (unpaired) electrons. The molecular weight excluding hydrogens is 347 g/mol. The van der Waals surface area contributed by atoms with Crippen LogP contribution in [0.5, 0.6) is 5.75 Å². The van der Waals surface area contributed by atoms with Crippen LogP contribution < -0.4 is 15.4 Å². The molecule has 0 bridgehead atoms. The van der Waals surface area contributed by atoms with Crippen LogP contribution in [0.3, 0.4) is 0 Å². The van der Waals surface area contributed by atoms with Crippen molar-refractivity contribution < 1.29 is 18.3 Å². The Hall–Kier alpha value is -3.28. The zero-order valence-corrected chi connectivity index (χ0v) is 14.9. The van der Waals surface area contributed by atoms with Gasteiger partial charge in [0.25, 0.3) is 0 Å². The van der Waals surface area contributed by atoms with E-state index in [4.69, 9.17) is 9.15 Å². The first-order valence-corrected chi connectivity index (χ1v) is 8.66. The van der Waals surface area contributed by atoms with Crippen LogP contribution in [0.4, 0.5) is 14.9 Å². The highest BCUT2D eigenvalue weighted by Gasteiger charge is 2.10. The Balaban J connectivity index is 1.50. The van der Waals surface area contributed by atoms with Crippen LogP contribution >= 0.6 is 0 Å². The molecule has 2 N–H and O–H groups in total. The topological polar surface area (TPSA) is 63.5 Å². The van der Waals surface area contributed by atoms with Crippen LogP contribution in [0.25, 0.3) is 0 Å². The van der Waals surface area contributed by atoms with Crippen LogP contribution in [-0.4, -0.2) is 12.1 Å². The van der Waals surface area contributed by atoms with E-state index in [0.29, 0.717) is 24.5 Å². The largest absolute Gasteiger partial charge is 0.489 e. The number of hydrogen-bond acceptors (Lipinski definition) is 3. The van der Waals surface area contributed by atoms with Gasteiger partial charge in [-0.2, -0.15) is 0 Å². The van der Waals surface area contributed by atoms with E-state index in [2.05, 4.69) is 10.6 Å². The van der Waals surface area contributed by atoms with E-state index in [-0.39, 0.29) is 17.9 Å². The van der Waals surface area contributed by atoms with Gasteiger partial charge in [-0.3, -0.25) is 0 Å². The van der Waals surface area contributed by atoms with E-state index in [1.165, 1.54) is 12.1 Å². The van der Waals surface area contributed by atoms with E-state index in [1.807, 2.05) is 19.1 Å². The van der Waals surface area contributed by atoms with Gasteiger partial charge in [-0.25, -0.2) is 9.18 Å². The van der Waals surface area contributed by atoms with Crippen molar-refractivity contribution in [1.29, 1.82) is 0 Å². The van der Waals surface area contributed by atoms with Gasteiger partial charge in [-0.05, 0) is 48.9 Å². The Morgan fingerprint density at radius 3 is 2.70 bits per heavy atom. The second-order valence-corrected chi connectivity index (χ2v) is 6.23. The summed E-state index contributed by atoms with van der Waals surface area (Å²) in [5, 5.41) is 5.65. The summed E-state index contributed by atoms with van der Waals surface area (Å²) in [5.74, 6) is 1.15. The van der Waals surface area contributed by atoms with Crippen molar-refractivity contribution in [2.24, 2.45) is 0 Å². The van der Waals surface area contributed by atoms with Crippen molar-refractivity contribution in [3.8, 4) is 5.75 Å². The summed E-state index contributed by atoms with van der Waals surface area (Å²) in [6.07, 6.45) is 2.22. The number of ether oxygens (including phenoxy) is 1. The quantitative estimate of drug-likeness (QED) is 0.632. The van der Waals surface area contributed by atoms with Crippen molar-refractivity contribution in [3.63, 3.8) is 0 Å². The molecule has 1 aromatic heterocycles. The van der Waals surface area contributed by atoms with E-state index in [9.17, 15) is 9.18 Å². The van der Waals surface area contributed by atoms with Crippen LogP contribution in [0, 0.1) is 5.82 Å². The normalized spacial score (nSPS) is 11.6. The van der Waals surface area contributed by atoms with Gasteiger partial charge in [0.2, 0.25) is 0 Å². The molecule has 0 fully saturated rings. The van der Waals surface area contributed by atoms with Crippen LogP contribution in [-0.2, 0) is 13.0 Å². The van der Waals surface area contributed by atoms with Gasteiger partial charge in [-0.15, -0.1) is 0 Å². The Morgan fingerprint density at radius 1 is 1.15 bits per heavy atom. The minimum Gasteiger partial charge on any atom is -0.489 e. The van der Waals surface area contributed by atoms with Gasteiger partial charge < -0.3 is 19.8 Å². The highest BCUT2D eigenvalue weighted by Crippen LogP contribution is 2.19. The number of rotatable bonds is 7. The molecule has 6 heteroatoms. The fourth-order valence-corrected chi connectivity index (χ4v) is 2.58. The molecule has 0 aliphatic heterocycles. The molecule has 2 amide bonds. The molecule has 1 unspecified atom stereocenters. The molecule has 0 aliphatic rings. The first-order valence-electron chi connectivity index (χ1n) is 8.66. The fraction of sp³-hybridized carbons (Fsp3) is 0.190. The molecule has 27 heavy (non-hydrogen) atoms. The molecule has 0 aliphatic carbocycles. The summed E-state index contributed by atoms with van der Waals surface area (Å²) in [5.41, 5.74) is 1.48. The average molecular weight is 368 g/mol. The number of carbonyl (C=O) groups is 1. The number of benzene rings is 2. The summed E-state index contributed by atoms with van der Waals surface area (Å²) in [6.45, 7) is 2.22. The van der Waals surface area contributed by atoms with E-state index < -0.39 is 0 Å². The molecule has 2 aromatic carbocycles. The van der Waals surface area contributed by atoms with Crippen LogP contribution in [0.15, 0.2) is 71.3 Å². The number of urea groups is 1. The standard InChI is InChI=1S/C21H21FN2O3/c1-15(12-19-6-3-11-26-19)23-21(25)24-18-4-2-5-20(13-18)27-14-16-7-9-17(22)10-8-16/h2-11,13,15H,12,14H2,1H3,(H2,23,24,25). The molecule has 5 nitrogen and oxygen atoms in total. The zero-order chi connectivity index (χ0) is 19.1. The van der Waals surface area contributed by atoms with E-state index in [1.54, 1.807) is 42.7 Å². The summed E-state index contributed by atoms with van der Waals surface area (Å²) in [6, 6.07) is 16.6. The number of carbonyl (C=O) groups excluding carboxylic acids is 1. The monoisotopic (exact) mass is 368 g/mol. The lowest BCUT2D eigenvalue weighted by Crippen LogP contribution is -2.37. The van der Waals surface area contributed by atoms with Gasteiger partial charge in [0.05, 0.1) is 6.26 Å². The first kappa shape index (κ1) is 18.5. The predicted octanol–water partition coefficient (Wildman–Crippen LogP) is 4.75. The molecular formula is C21H21FN2O3. The summed E-state index contributed by atoms with van der Waals surface area (Å²) in [4.78, 5) is 12.1. The molecule has 3 rings (SSSR count). The molecule has 0 spiro atoms. The van der Waals surface area contributed by atoms with Crippen molar-refractivity contribution in [2.75, 3.05) is 5.32 Å². The molecule has 140 valence electrons. The number of furan rings is 1. The van der Waals surface area contributed by atoms with Crippen molar-refractivity contribution in [3.05, 3.63) is 84.1 Å². The van der Waals surface area contributed by atoms with Gasteiger partial charge in [0.15, 0.2) is 0 Å². The predicted molar refractivity (Wildman–Crippen MR) is 101 cm³/mol. The second-order valence-electron chi connectivity index (χ2n) is 6.23. The molecule has 1 atom stereocenters. The lowest BCUT2D eigenvalue weighted by atomic mass is 10.2. The summed E-state index contributed by atoms with van der Waals surface area (Å²) in [7, 11) is 0. The molecule has 1 heterocycles. The molecule has 0 saturated heterocycles. The third-order valence-electron chi connectivity index (χ3n) is 3.88. The number of amides is 2. The van der Waals surface area contributed by atoms with Gasteiger partial charge in [-0.1, -0.05) is 18.2 Å². The van der Waals surface area contributed by atoms with Crippen LogP contribution in [0.2, 0.25) is 0 Å². The molecule has 3 aromatic rings. The third kappa shape index (κ3) is 5.88. The highest BCUT2D eigenvalue weighted by molar-refractivity contribution is 5.89. The van der Waals surface area contributed by atoms with E-state index >= 15 is 0 Å². The second kappa shape index (κ2) is 8.89. The van der Waals surface area contributed by atoms with Crippen molar-refractivity contribution >= 4 is 11.7 Å². The minimum atomic E-state index is -0.301. The molecule has 0 saturated carbocycles. The van der Waals surface area contributed by atoms with Gasteiger partial charge >= 0.3 is 6.03 Å². The number of hydrogen-bond donors (Lipinski definition) is 2. The van der Waals surface area contributed by atoms with Crippen molar-refractivity contribution in [2.45, 2.75) is 26.0 Å². The highest BCUT2D eigenvalue weighted by atomic mass is 19.1. The van der Waals surface area contributed by atoms with Crippen molar-refractivity contribution in [1.82, 2.24) is 5.32 Å². The fourth-order valence-electron chi connectivity index (χ4n) is 2.58. The third-order valence-corrected chi connectivity index (χ3v) is 3.88. The Bertz CT molecular complexity index is 863. The number of halogens is 1. The maximum absolute atomic E-state index is 12.9. The minimum absolute atomic E-state index is 0.0749. The summed E-state index contributed by atoms with van der Waals surface area (Å²) < 4.78 is 23.9. The Labute approximate surface area is 157 Å². The maximum Gasteiger partial charge on any atom is 0.319 e. The maximum atomic E-state index is 12.9. The lowest BCUT2D eigenvalue weighted by Gasteiger charge is -2.14. The Kier molecular flexibility index (Phi) is 6.10. The van der Waals surface area contributed by atoms with E-state index in [0.717, 1.165) is 11.3 Å². The number of nitrogens with one attached hydrogen (secondary N) is 2. The smallest absolute Gasteiger partial charge is 0.319 e. The van der Waals surface area contributed by atoms with Gasteiger partial charge in [0.1, 0.15) is 23.9 Å². The zero-order valence-electron chi connectivity index (χ0n) is 14.9. The summed E-state index contributed by atoms with van der Waals surface area (Å²) >= 11 is 0. The lowest BCUT2D eigenvalue weighted by molar-refractivity contribution is 0.248. The van der Waals surface area contributed by atoms with Gasteiger partial charge in [0, 0.05) is 24.2 Å².